The monoisotopic (exact) mass is 310 g/mol. The van der Waals surface area contributed by atoms with Crippen LogP contribution in [0, 0.1) is 5.92 Å². The fourth-order valence-corrected chi connectivity index (χ4v) is 1.99. The van der Waals surface area contributed by atoms with E-state index in [-0.39, 0.29) is 5.91 Å². The fourth-order valence-electron chi connectivity index (χ4n) is 1.99. The lowest BCUT2D eigenvalue weighted by Gasteiger charge is -2.06. The number of nitrogens with zero attached hydrogens (tertiary/aromatic N) is 1. The molecular weight excluding hydrogens is 288 g/mol. The van der Waals surface area contributed by atoms with Crippen LogP contribution in [0.3, 0.4) is 0 Å². The Morgan fingerprint density at radius 1 is 1.13 bits per heavy atom. The number of hydrogen-bond acceptors (Lipinski definition) is 3. The maximum Gasteiger partial charge on any atom is 0.240 e. The number of carbonyl (C=O) groups excluding carboxylic acids is 1. The van der Waals surface area contributed by atoms with E-state index in [1.54, 1.807) is 6.21 Å². The lowest BCUT2D eigenvalue weighted by molar-refractivity contribution is -0.121. The molecule has 1 amide bonds. The molecule has 0 spiro atoms. The van der Waals surface area contributed by atoms with Gasteiger partial charge in [0, 0.05) is 6.42 Å². The average Bonchev–Trinajstić information content (AvgIpc) is 2.54. The summed E-state index contributed by atoms with van der Waals surface area (Å²) in [6.45, 7) is 4.54. The van der Waals surface area contributed by atoms with Crippen LogP contribution in [-0.4, -0.2) is 12.1 Å². The van der Waals surface area contributed by atoms with Crippen LogP contribution in [0.25, 0.3) is 0 Å². The molecule has 1 N–H and O–H groups in total. The summed E-state index contributed by atoms with van der Waals surface area (Å²) in [6.07, 6.45) is 2.10. The molecule has 23 heavy (non-hydrogen) atoms. The highest BCUT2D eigenvalue weighted by molar-refractivity contribution is 5.82. The van der Waals surface area contributed by atoms with Crippen molar-refractivity contribution in [2.24, 2.45) is 11.0 Å². The van der Waals surface area contributed by atoms with E-state index in [1.165, 1.54) is 0 Å². The first-order valence-electron chi connectivity index (χ1n) is 7.72. The molecule has 0 radical (unpaired) electrons. The summed E-state index contributed by atoms with van der Waals surface area (Å²) >= 11 is 0. The number of nitrogens with one attached hydrogen (secondary N) is 1. The first-order chi connectivity index (χ1) is 11.1. The van der Waals surface area contributed by atoms with Crippen LogP contribution in [0.4, 0.5) is 0 Å². The molecule has 4 nitrogen and oxygen atoms in total. The summed E-state index contributed by atoms with van der Waals surface area (Å²) < 4.78 is 5.72. The maximum absolute atomic E-state index is 11.5. The molecule has 0 saturated carbocycles. The van der Waals surface area contributed by atoms with Crippen LogP contribution in [-0.2, 0) is 11.4 Å². The van der Waals surface area contributed by atoms with Crippen molar-refractivity contribution in [3.63, 3.8) is 0 Å². The Morgan fingerprint density at radius 2 is 1.83 bits per heavy atom. The second-order valence-corrected chi connectivity index (χ2v) is 5.73. The topological polar surface area (TPSA) is 50.7 Å². The van der Waals surface area contributed by atoms with Gasteiger partial charge in [0.1, 0.15) is 12.4 Å². The zero-order chi connectivity index (χ0) is 16.5. The second-order valence-electron chi connectivity index (χ2n) is 5.73. The van der Waals surface area contributed by atoms with Gasteiger partial charge in [-0.05, 0) is 41.3 Å². The third kappa shape index (κ3) is 6.34. The number of hydrazone groups is 1. The molecule has 0 aliphatic heterocycles. The number of benzene rings is 2. The fraction of sp³-hybridized carbons (Fsp3) is 0.263. The van der Waals surface area contributed by atoms with Crippen LogP contribution in [0.1, 0.15) is 31.4 Å². The minimum absolute atomic E-state index is 0.0703. The molecule has 0 atom stereocenters. The van der Waals surface area contributed by atoms with E-state index in [9.17, 15) is 4.79 Å². The van der Waals surface area contributed by atoms with Gasteiger partial charge in [-0.3, -0.25) is 4.79 Å². The van der Waals surface area contributed by atoms with E-state index in [2.05, 4.69) is 10.5 Å². The normalized spacial score (nSPS) is 10.9. The van der Waals surface area contributed by atoms with Crippen LogP contribution in [0.15, 0.2) is 59.7 Å². The van der Waals surface area contributed by atoms with Gasteiger partial charge < -0.3 is 4.74 Å². The first-order valence-corrected chi connectivity index (χ1v) is 7.72. The number of hydrogen-bond donors (Lipinski definition) is 1. The summed E-state index contributed by atoms with van der Waals surface area (Å²) in [5.74, 6) is 1.06. The van der Waals surface area contributed by atoms with Crippen LogP contribution < -0.4 is 10.2 Å². The predicted molar refractivity (Wildman–Crippen MR) is 92.4 cm³/mol. The van der Waals surface area contributed by atoms with Gasteiger partial charge in [-0.15, -0.1) is 0 Å². The summed E-state index contributed by atoms with van der Waals surface area (Å²) in [6, 6.07) is 17.6. The number of amides is 1. The zero-order valence-electron chi connectivity index (χ0n) is 13.5. The molecule has 0 unspecified atom stereocenters. The Kier molecular flexibility index (Phi) is 6.36. The third-order valence-corrected chi connectivity index (χ3v) is 3.12. The maximum atomic E-state index is 11.5. The molecule has 0 heterocycles. The van der Waals surface area contributed by atoms with Gasteiger partial charge in [0.15, 0.2) is 0 Å². The van der Waals surface area contributed by atoms with Crippen LogP contribution >= 0.6 is 0 Å². The van der Waals surface area contributed by atoms with Crippen molar-refractivity contribution in [3.05, 3.63) is 65.7 Å². The molecule has 0 aliphatic carbocycles. The highest BCUT2D eigenvalue weighted by Crippen LogP contribution is 2.13. The smallest absolute Gasteiger partial charge is 0.240 e. The van der Waals surface area contributed by atoms with E-state index >= 15 is 0 Å². The summed E-state index contributed by atoms with van der Waals surface area (Å²) in [7, 11) is 0. The third-order valence-electron chi connectivity index (χ3n) is 3.12. The number of carbonyl (C=O) groups is 1. The Morgan fingerprint density at radius 3 is 2.48 bits per heavy atom. The Hall–Kier alpha value is -2.62. The minimum Gasteiger partial charge on any atom is -0.489 e. The van der Waals surface area contributed by atoms with E-state index in [0.717, 1.165) is 16.9 Å². The molecular formula is C19H22N2O2. The van der Waals surface area contributed by atoms with Gasteiger partial charge in [-0.2, -0.15) is 5.10 Å². The summed E-state index contributed by atoms with van der Waals surface area (Å²) in [5.41, 5.74) is 4.56. The van der Waals surface area contributed by atoms with Crippen molar-refractivity contribution < 1.29 is 9.53 Å². The molecule has 2 aromatic rings. The molecule has 0 saturated heterocycles. The van der Waals surface area contributed by atoms with Gasteiger partial charge in [-0.25, -0.2) is 5.43 Å². The standard InChI is InChI=1S/C19H22N2O2/c1-15(2)12-19(22)21-20-13-16-8-10-18(11-9-16)23-14-17-6-4-3-5-7-17/h3-11,13,15H,12,14H2,1-2H3,(H,21,22)/b20-13-. The van der Waals surface area contributed by atoms with E-state index in [0.29, 0.717) is 18.9 Å². The first kappa shape index (κ1) is 16.7. The van der Waals surface area contributed by atoms with Crippen molar-refractivity contribution in [1.82, 2.24) is 5.43 Å². The van der Waals surface area contributed by atoms with Crippen molar-refractivity contribution in [3.8, 4) is 5.75 Å². The molecule has 0 aliphatic rings. The predicted octanol–water partition coefficient (Wildman–Crippen LogP) is 3.76. The summed E-state index contributed by atoms with van der Waals surface area (Å²) in [5, 5.41) is 3.95. The van der Waals surface area contributed by atoms with Gasteiger partial charge in [-0.1, -0.05) is 44.2 Å². The van der Waals surface area contributed by atoms with Crippen molar-refractivity contribution in [2.45, 2.75) is 26.9 Å². The number of ether oxygens (including phenoxy) is 1. The molecule has 0 aromatic heterocycles. The molecule has 4 heteroatoms. The molecule has 120 valence electrons. The summed E-state index contributed by atoms with van der Waals surface area (Å²) in [4.78, 5) is 11.5. The Balaban J connectivity index is 1.81. The zero-order valence-corrected chi connectivity index (χ0v) is 13.5. The van der Waals surface area contributed by atoms with Gasteiger partial charge in [0.25, 0.3) is 0 Å². The highest BCUT2D eigenvalue weighted by Gasteiger charge is 2.02. The van der Waals surface area contributed by atoms with Crippen LogP contribution in [0.5, 0.6) is 5.75 Å². The molecule has 2 aromatic carbocycles. The van der Waals surface area contributed by atoms with E-state index in [4.69, 9.17) is 4.74 Å². The molecule has 0 bridgehead atoms. The minimum atomic E-state index is -0.0703. The van der Waals surface area contributed by atoms with E-state index in [1.807, 2.05) is 68.4 Å². The second kappa shape index (κ2) is 8.73. The molecule has 0 fully saturated rings. The largest absolute Gasteiger partial charge is 0.489 e. The van der Waals surface area contributed by atoms with E-state index < -0.39 is 0 Å². The number of rotatable bonds is 7. The SMILES string of the molecule is CC(C)CC(=O)N/N=C\c1ccc(OCc2ccccc2)cc1. The quantitative estimate of drug-likeness (QED) is 0.625. The highest BCUT2D eigenvalue weighted by atomic mass is 16.5. The molecule has 2 rings (SSSR count). The lowest BCUT2D eigenvalue weighted by atomic mass is 10.1. The van der Waals surface area contributed by atoms with Gasteiger partial charge >= 0.3 is 0 Å². The van der Waals surface area contributed by atoms with Gasteiger partial charge in [0.2, 0.25) is 5.91 Å². The van der Waals surface area contributed by atoms with Crippen LogP contribution in [0.2, 0.25) is 0 Å². The Labute approximate surface area is 137 Å². The van der Waals surface area contributed by atoms with Crippen molar-refractivity contribution in [2.75, 3.05) is 0 Å². The van der Waals surface area contributed by atoms with Crippen molar-refractivity contribution >= 4 is 12.1 Å². The average molecular weight is 310 g/mol. The van der Waals surface area contributed by atoms with Crippen molar-refractivity contribution in [1.29, 1.82) is 0 Å². The Bertz CT molecular complexity index is 634. The lowest BCUT2D eigenvalue weighted by Crippen LogP contribution is -2.19. The van der Waals surface area contributed by atoms with Gasteiger partial charge in [0.05, 0.1) is 6.21 Å².